The van der Waals surface area contributed by atoms with Gasteiger partial charge in [0.25, 0.3) is 0 Å². The van der Waals surface area contributed by atoms with Crippen molar-refractivity contribution in [1.29, 1.82) is 0 Å². The van der Waals surface area contributed by atoms with Crippen LogP contribution in [0, 0.1) is 5.82 Å². The number of nitrogens with zero attached hydrogens (tertiary/aromatic N) is 2. The maximum atomic E-state index is 13.4. The molecule has 0 amide bonds. The van der Waals surface area contributed by atoms with Crippen molar-refractivity contribution >= 4 is 17.7 Å². The van der Waals surface area contributed by atoms with E-state index in [1.165, 1.54) is 6.07 Å². The van der Waals surface area contributed by atoms with Crippen LogP contribution in [0.5, 0.6) is 0 Å². The van der Waals surface area contributed by atoms with Crippen molar-refractivity contribution < 1.29 is 4.39 Å². The summed E-state index contributed by atoms with van der Waals surface area (Å²) in [5.74, 6) is 1.41. The molecule has 0 radical (unpaired) electrons. The highest BCUT2D eigenvalue weighted by molar-refractivity contribution is 7.97. The number of rotatable bonds is 9. The van der Waals surface area contributed by atoms with Gasteiger partial charge in [-0.3, -0.25) is 0 Å². The Morgan fingerprint density at radius 2 is 2.04 bits per heavy atom. The zero-order valence-electron chi connectivity index (χ0n) is 15.5. The number of thioether (sulfide) groups is 1. The number of hydrogen-bond acceptors (Lipinski definition) is 3. The van der Waals surface area contributed by atoms with E-state index >= 15 is 0 Å². The number of aliphatic imine (C=N–C) groups is 1. The Balaban J connectivity index is 2.68. The minimum Gasteiger partial charge on any atom is -0.357 e. The molecule has 0 aliphatic carbocycles. The molecule has 0 atom stereocenters. The third kappa shape index (κ3) is 7.53. The van der Waals surface area contributed by atoms with Crippen LogP contribution in [0.15, 0.2) is 23.2 Å². The number of benzene rings is 1. The van der Waals surface area contributed by atoms with Gasteiger partial charge in [0.2, 0.25) is 0 Å². The Morgan fingerprint density at radius 1 is 1.29 bits per heavy atom. The molecule has 2 N–H and O–H groups in total. The summed E-state index contributed by atoms with van der Waals surface area (Å²) in [5.41, 5.74) is 2.09. The van der Waals surface area contributed by atoms with Crippen LogP contribution in [0.25, 0.3) is 0 Å². The van der Waals surface area contributed by atoms with Gasteiger partial charge < -0.3 is 15.5 Å². The molecule has 1 rings (SSSR count). The maximum absolute atomic E-state index is 13.4. The Hall–Kier alpha value is -1.27. The first-order valence-corrected chi connectivity index (χ1v) is 9.86. The molecule has 0 bridgehead atoms. The van der Waals surface area contributed by atoms with Crippen LogP contribution >= 0.6 is 11.8 Å². The van der Waals surface area contributed by atoms with Gasteiger partial charge in [0.15, 0.2) is 5.96 Å². The molecule has 0 spiro atoms. The smallest absolute Gasteiger partial charge is 0.191 e. The predicted octanol–water partition coefficient (Wildman–Crippen LogP) is 3.08. The topological polar surface area (TPSA) is 39.7 Å². The zero-order chi connectivity index (χ0) is 17.9. The SMILES string of the molecule is CCNC(=NCc1ccc(F)cc1CSC)NCCN(C)C(C)C. The molecule has 6 heteroatoms. The molecule has 1 aromatic rings. The minimum absolute atomic E-state index is 0.187. The summed E-state index contributed by atoms with van der Waals surface area (Å²) < 4.78 is 13.4. The molecule has 0 aromatic heterocycles. The normalized spacial score (nSPS) is 12.1. The summed E-state index contributed by atoms with van der Waals surface area (Å²) in [6.07, 6.45) is 2.02. The van der Waals surface area contributed by atoms with Crippen LogP contribution in [0.4, 0.5) is 4.39 Å². The van der Waals surface area contributed by atoms with E-state index in [0.29, 0.717) is 12.6 Å². The lowest BCUT2D eigenvalue weighted by Gasteiger charge is -2.21. The average molecular weight is 355 g/mol. The highest BCUT2D eigenvalue weighted by Gasteiger charge is 2.06. The predicted molar refractivity (Wildman–Crippen MR) is 104 cm³/mol. The van der Waals surface area contributed by atoms with Crippen molar-refractivity contribution in [3.63, 3.8) is 0 Å². The van der Waals surface area contributed by atoms with Crippen LogP contribution < -0.4 is 10.6 Å². The molecule has 0 heterocycles. The van der Waals surface area contributed by atoms with Gasteiger partial charge in [0, 0.05) is 31.4 Å². The van der Waals surface area contributed by atoms with Crippen molar-refractivity contribution in [2.75, 3.05) is 32.9 Å². The molecule has 136 valence electrons. The summed E-state index contributed by atoms with van der Waals surface area (Å²) in [5, 5.41) is 6.62. The van der Waals surface area contributed by atoms with Crippen molar-refractivity contribution in [2.24, 2.45) is 4.99 Å². The monoisotopic (exact) mass is 354 g/mol. The highest BCUT2D eigenvalue weighted by Crippen LogP contribution is 2.17. The molecule has 0 saturated heterocycles. The van der Waals surface area contributed by atoms with Gasteiger partial charge in [-0.2, -0.15) is 11.8 Å². The molecule has 0 fully saturated rings. The van der Waals surface area contributed by atoms with Gasteiger partial charge in [0.1, 0.15) is 5.82 Å². The summed E-state index contributed by atoms with van der Waals surface area (Å²) in [4.78, 5) is 6.93. The van der Waals surface area contributed by atoms with Crippen LogP contribution in [-0.2, 0) is 12.3 Å². The summed E-state index contributed by atoms with van der Waals surface area (Å²) in [6, 6.07) is 5.48. The number of hydrogen-bond donors (Lipinski definition) is 2. The number of nitrogens with one attached hydrogen (secondary N) is 2. The lowest BCUT2D eigenvalue weighted by atomic mass is 10.1. The zero-order valence-corrected chi connectivity index (χ0v) is 16.3. The lowest BCUT2D eigenvalue weighted by molar-refractivity contribution is 0.278. The Bertz CT molecular complexity index is 520. The number of likely N-dealkylation sites (N-methyl/N-ethyl adjacent to an activating group) is 1. The van der Waals surface area contributed by atoms with E-state index in [9.17, 15) is 4.39 Å². The Morgan fingerprint density at radius 3 is 2.67 bits per heavy atom. The van der Waals surface area contributed by atoms with Crippen molar-refractivity contribution in [3.05, 3.63) is 35.1 Å². The van der Waals surface area contributed by atoms with E-state index in [1.807, 2.05) is 12.3 Å². The van der Waals surface area contributed by atoms with Gasteiger partial charge in [-0.25, -0.2) is 9.38 Å². The second-order valence-electron chi connectivity index (χ2n) is 6.04. The quantitative estimate of drug-likeness (QED) is 0.528. The van der Waals surface area contributed by atoms with Crippen molar-refractivity contribution in [2.45, 2.75) is 39.1 Å². The first kappa shape index (κ1) is 20.8. The van der Waals surface area contributed by atoms with E-state index in [-0.39, 0.29) is 5.82 Å². The Kier molecular flexibility index (Phi) is 9.79. The fourth-order valence-electron chi connectivity index (χ4n) is 2.15. The first-order valence-electron chi connectivity index (χ1n) is 8.46. The molecule has 0 aliphatic rings. The lowest BCUT2D eigenvalue weighted by Crippen LogP contribution is -2.42. The standard InChI is InChI=1S/C18H31FN4S/c1-6-20-18(21-9-10-23(4)14(2)3)22-12-15-7-8-17(19)11-16(15)13-24-5/h7-8,11,14H,6,9-10,12-13H2,1-5H3,(H2,20,21,22). The molecular weight excluding hydrogens is 323 g/mol. The van der Waals surface area contributed by atoms with Gasteiger partial charge in [0.05, 0.1) is 6.54 Å². The molecular formula is C18H31FN4S. The summed E-state index contributed by atoms with van der Waals surface area (Å²) >= 11 is 1.69. The van der Waals surface area contributed by atoms with E-state index in [1.54, 1.807) is 17.8 Å². The molecule has 1 aromatic carbocycles. The van der Waals surface area contributed by atoms with Gasteiger partial charge in [-0.05, 0) is 57.3 Å². The Labute approximate surface area is 150 Å². The van der Waals surface area contributed by atoms with Crippen LogP contribution in [0.3, 0.4) is 0 Å². The average Bonchev–Trinajstić information content (AvgIpc) is 2.54. The third-order valence-electron chi connectivity index (χ3n) is 3.86. The maximum Gasteiger partial charge on any atom is 0.191 e. The first-order chi connectivity index (χ1) is 11.5. The van der Waals surface area contributed by atoms with Crippen LogP contribution in [0.2, 0.25) is 0 Å². The molecule has 24 heavy (non-hydrogen) atoms. The molecule has 4 nitrogen and oxygen atoms in total. The van der Waals surface area contributed by atoms with Crippen LogP contribution in [0.1, 0.15) is 31.9 Å². The largest absolute Gasteiger partial charge is 0.357 e. The molecule has 0 unspecified atom stereocenters. The van der Waals surface area contributed by atoms with Crippen LogP contribution in [-0.4, -0.2) is 49.8 Å². The van der Waals surface area contributed by atoms with E-state index in [0.717, 1.165) is 42.5 Å². The van der Waals surface area contributed by atoms with E-state index in [4.69, 9.17) is 0 Å². The van der Waals surface area contributed by atoms with Gasteiger partial charge >= 0.3 is 0 Å². The van der Waals surface area contributed by atoms with Gasteiger partial charge in [-0.15, -0.1) is 0 Å². The highest BCUT2D eigenvalue weighted by atomic mass is 32.2. The van der Waals surface area contributed by atoms with E-state index in [2.05, 4.69) is 48.3 Å². The minimum atomic E-state index is -0.187. The second kappa shape index (κ2) is 11.3. The van der Waals surface area contributed by atoms with Crippen molar-refractivity contribution in [3.8, 4) is 0 Å². The molecule has 0 aliphatic heterocycles. The fraction of sp³-hybridized carbons (Fsp3) is 0.611. The van der Waals surface area contributed by atoms with Crippen molar-refractivity contribution in [1.82, 2.24) is 15.5 Å². The van der Waals surface area contributed by atoms with Gasteiger partial charge in [-0.1, -0.05) is 6.07 Å². The van der Waals surface area contributed by atoms with E-state index < -0.39 is 0 Å². The molecule has 0 saturated carbocycles. The fourth-order valence-corrected chi connectivity index (χ4v) is 2.73. The summed E-state index contributed by atoms with van der Waals surface area (Å²) in [6.45, 7) is 9.56. The number of halogens is 1. The number of guanidine groups is 1. The second-order valence-corrected chi connectivity index (χ2v) is 6.91. The third-order valence-corrected chi connectivity index (χ3v) is 4.46. The summed E-state index contributed by atoms with van der Waals surface area (Å²) in [7, 11) is 2.11.